The minimum Gasteiger partial charge on any atom is -0.422 e. The zero-order valence-corrected chi connectivity index (χ0v) is 13.2. The second-order valence-electron chi connectivity index (χ2n) is 2.60. The number of hydrogen-bond acceptors (Lipinski definition) is 4. The summed E-state index contributed by atoms with van der Waals surface area (Å²) in [5, 5.41) is 0.841. The SMILES string of the molecule is COP(=S)(OC)Oc1cc(Cl)cc(Br)c1Cl. The fraction of sp³-hybridized carbons (Fsp3) is 0.250. The molecule has 1 aromatic carbocycles. The van der Waals surface area contributed by atoms with E-state index in [-0.39, 0.29) is 0 Å². The first-order chi connectivity index (χ1) is 7.41. The largest absolute Gasteiger partial charge is 0.422 e. The maximum absolute atomic E-state index is 6.02. The summed E-state index contributed by atoms with van der Waals surface area (Å²) in [6, 6.07) is 3.20. The molecule has 0 saturated carbocycles. The summed E-state index contributed by atoms with van der Waals surface area (Å²) in [7, 11) is 2.83. The molecule has 90 valence electrons. The number of hydrogen-bond donors (Lipinski definition) is 0. The third-order valence-corrected chi connectivity index (χ3v) is 5.51. The molecule has 0 heterocycles. The Balaban J connectivity index is 3.10. The molecule has 0 aromatic heterocycles. The van der Waals surface area contributed by atoms with Crippen LogP contribution in [0.1, 0.15) is 0 Å². The van der Waals surface area contributed by atoms with Gasteiger partial charge >= 0.3 is 6.72 Å². The average Bonchev–Trinajstić information content (AvgIpc) is 2.25. The van der Waals surface area contributed by atoms with E-state index in [1.165, 1.54) is 14.2 Å². The molecule has 0 aliphatic rings. The van der Waals surface area contributed by atoms with E-state index in [9.17, 15) is 0 Å². The molecule has 0 unspecified atom stereocenters. The number of benzene rings is 1. The molecule has 0 N–H and O–H groups in total. The summed E-state index contributed by atoms with van der Waals surface area (Å²) in [4.78, 5) is 0. The van der Waals surface area contributed by atoms with E-state index < -0.39 is 6.72 Å². The monoisotopic (exact) mass is 364 g/mol. The van der Waals surface area contributed by atoms with Crippen molar-refractivity contribution in [3.8, 4) is 5.75 Å². The van der Waals surface area contributed by atoms with Crippen molar-refractivity contribution in [1.29, 1.82) is 0 Å². The summed E-state index contributed by atoms with van der Waals surface area (Å²) in [6.07, 6.45) is 0. The lowest BCUT2D eigenvalue weighted by Gasteiger charge is -2.19. The third kappa shape index (κ3) is 3.57. The van der Waals surface area contributed by atoms with Gasteiger partial charge in [0.05, 0.1) is 5.02 Å². The van der Waals surface area contributed by atoms with Crippen molar-refractivity contribution in [1.82, 2.24) is 0 Å². The molecule has 0 radical (unpaired) electrons. The minimum atomic E-state index is -2.80. The Morgan fingerprint density at radius 1 is 1.25 bits per heavy atom. The van der Waals surface area contributed by atoms with Crippen LogP contribution in [-0.4, -0.2) is 14.2 Å². The zero-order valence-electron chi connectivity index (χ0n) is 8.37. The molecule has 3 nitrogen and oxygen atoms in total. The molecule has 8 heteroatoms. The third-order valence-electron chi connectivity index (χ3n) is 1.62. The normalized spacial score (nSPS) is 11.6. The van der Waals surface area contributed by atoms with Gasteiger partial charge in [0.25, 0.3) is 0 Å². The van der Waals surface area contributed by atoms with Gasteiger partial charge in [-0.25, -0.2) is 0 Å². The van der Waals surface area contributed by atoms with E-state index in [1.54, 1.807) is 12.1 Å². The van der Waals surface area contributed by atoms with Gasteiger partial charge < -0.3 is 13.6 Å². The highest BCUT2D eigenvalue weighted by molar-refractivity contribution is 9.10. The Morgan fingerprint density at radius 2 is 1.81 bits per heavy atom. The van der Waals surface area contributed by atoms with Gasteiger partial charge in [-0.3, -0.25) is 0 Å². The molecule has 0 atom stereocenters. The van der Waals surface area contributed by atoms with Crippen LogP contribution in [0.5, 0.6) is 5.75 Å². The maximum Gasteiger partial charge on any atom is 0.380 e. The van der Waals surface area contributed by atoms with Gasteiger partial charge in [-0.15, -0.1) is 0 Å². The molecule has 0 spiro atoms. The summed E-state index contributed by atoms with van der Waals surface area (Å²) < 4.78 is 16.0. The van der Waals surface area contributed by atoms with E-state index in [2.05, 4.69) is 15.9 Å². The fourth-order valence-electron chi connectivity index (χ4n) is 0.868. The second kappa shape index (κ2) is 6.01. The summed E-state index contributed by atoms with van der Waals surface area (Å²) in [5.41, 5.74) is 0. The maximum atomic E-state index is 6.02. The fourth-order valence-corrected chi connectivity index (χ4v) is 2.78. The predicted molar refractivity (Wildman–Crippen MR) is 73.1 cm³/mol. The van der Waals surface area contributed by atoms with E-state index in [0.717, 1.165) is 0 Å². The van der Waals surface area contributed by atoms with Gasteiger partial charge in [-0.05, 0) is 22.0 Å². The van der Waals surface area contributed by atoms with Crippen molar-refractivity contribution in [3.05, 3.63) is 26.7 Å². The van der Waals surface area contributed by atoms with Crippen molar-refractivity contribution in [3.63, 3.8) is 0 Å². The molecule has 0 bridgehead atoms. The smallest absolute Gasteiger partial charge is 0.380 e. The first-order valence-electron chi connectivity index (χ1n) is 3.97. The molecular weight excluding hydrogens is 358 g/mol. The summed E-state index contributed by atoms with van der Waals surface area (Å²) >= 11 is 20.2. The molecule has 0 amide bonds. The van der Waals surface area contributed by atoms with Crippen molar-refractivity contribution in [2.75, 3.05) is 14.2 Å². The molecule has 0 aliphatic heterocycles. The molecule has 0 saturated heterocycles. The Bertz CT molecular complexity index is 436. The quantitative estimate of drug-likeness (QED) is 0.573. The van der Waals surface area contributed by atoms with Gasteiger partial charge in [0, 0.05) is 41.6 Å². The van der Waals surface area contributed by atoms with E-state index in [1.807, 2.05) is 0 Å². The van der Waals surface area contributed by atoms with Crippen LogP contribution in [0.15, 0.2) is 16.6 Å². The Morgan fingerprint density at radius 3 is 2.31 bits per heavy atom. The van der Waals surface area contributed by atoms with Crippen LogP contribution in [0.2, 0.25) is 10.0 Å². The van der Waals surface area contributed by atoms with Crippen LogP contribution in [0.3, 0.4) is 0 Å². The van der Waals surface area contributed by atoms with Crippen molar-refractivity contribution >= 4 is 57.7 Å². The highest BCUT2D eigenvalue weighted by Crippen LogP contribution is 2.51. The highest BCUT2D eigenvalue weighted by Gasteiger charge is 2.21. The average molecular weight is 366 g/mol. The van der Waals surface area contributed by atoms with E-state index in [0.29, 0.717) is 20.3 Å². The van der Waals surface area contributed by atoms with Gasteiger partial charge in [0.1, 0.15) is 5.75 Å². The number of rotatable bonds is 4. The van der Waals surface area contributed by atoms with Crippen molar-refractivity contribution in [2.45, 2.75) is 0 Å². The second-order valence-corrected chi connectivity index (χ2v) is 7.42. The predicted octanol–water partition coefficient (Wildman–Crippen LogP) is 4.65. The molecule has 16 heavy (non-hydrogen) atoms. The molecule has 0 fully saturated rings. The zero-order chi connectivity index (χ0) is 12.3. The lowest BCUT2D eigenvalue weighted by atomic mass is 10.3. The highest BCUT2D eigenvalue weighted by atomic mass is 79.9. The van der Waals surface area contributed by atoms with Crippen molar-refractivity contribution < 1.29 is 13.6 Å². The molecule has 0 aliphatic carbocycles. The topological polar surface area (TPSA) is 27.7 Å². The van der Waals surface area contributed by atoms with Crippen LogP contribution in [-0.2, 0) is 20.9 Å². The van der Waals surface area contributed by atoms with Crippen LogP contribution in [0, 0.1) is 0 Å². The molecule has 1 aromatic rings. The van der Waals surface area contributed by atoms with Crippen LogP contribution >= 0.6 is 45.9 Å². The first-order valence-corrected chi connectivity index (χ1v) is 8.08. The minimum absolute atomic E-state index is 0.327. The summed E-state index contributed by atoms with van der Waals surface area (Å²) in [5.74, 6) is 0.327. The van der Waals surface area contributed by atoms with E-state index in [4.69, 9.17) is 48.6 Å². The lowest BCUT2D eigenvalue weighted by molar-refractivity contribution is 0.273. The van der Waals surface area contributed by atoms with Crippen molar-refractivity contribution in [2.24, 2.45) is 0 Å². The Kier molecular flexibility index (Phi) is 5.52. The summed E-state index contributed by atoms with van der Waals surface area (Å²) in [6.45, 7) is -2.80. The van der Waals surface area contributed by atoms with Gasteiger partial charge in [-0.2, -0.15) is 0 Å². The first kappa shape index (κ1) is 14.7. The molecule has 1 rings (SSSR count). The standard InChI is InChI=1S/C8H8BrCl2O3PS/c1-12-15(16,13-2)14-7-4-5(10)3-6(9)8(7)11/h3-4H,1-2H3. The van der Waals surface area contributed by atoms with E-state index >= 15 is 0 Å². The van der Waals surface area contributed by atoms with Gasteiger partial charge in [0.2, 0.25) is 0 Å². The van der Waals surface area contributed by atoms with Gasteiger partial charge in [0.15, 0.2) is 0 Å². The lowest BCUT2D eigenvalue weighted by Crippen LogP contribution is -1.97. The van der Waals surface area contributed by atoms with Crippen LogP contribution < -0.4 is 4.52 Å². The molecular formula is C8H8BrCl2O3PS. The van der Waals surface area contributed by atoms with Crippen LogP contribution in [0.25, 0.3) is 0 Å². The van der Waals surface area contributed by atoms with Crippen LogP contribution in [0.4, 0.5) is 0 Å². The Labute approximate surface area is 117 Å². The Hall–Kier alpha value is 0.650. The van der Waals surface area contributed by atoms with Gasteiger partial charge in [-0.1, -0.05) is 23.2 Å². The number of halogens is 3.